The minimum absolute atomic E-state index is 0.0945. The van der Waals surface area contributed by atoms with Gasteiger partial charge in [-0.3, -0.25) is 0 Å². The second-order valence-electron chi connectivity index (χ2n) is 4.72. The van der Waals surface area contributed by atoms with Gasteiger partial charge in [-0.25, -0.2) is 4.79 Å². The molecule has 22 heavy (non-hydrogen) atoms. The number of benzene rings is 2. The predicted molar refractivity (Wildman–Crippen MR) is 82.6 cm³/mol. The number of para-hydroxylation sites is 2. The van der Waals surface area contributed by atoms with Gasteiger partial charge in [-0.15, -0.1) is 0 Å². The lowest BCUT2D eigenvalue weighted by atomic mass is 10.2. The molecule has 1 heterocycles. The molecule has 1 aliphatic rings. The smallest absolute Gasteiger partial charge is 0.351 e. The molecule has 0 amide bonds. The topological polar surface area (TPSA) is 44.8 Å². The van der Waals surface area contributed by atoms with Crippen molar-refractivity contribution in [1.82, 2.24) is 0 Å². The molecule has 0 fully saturated rings. The first-order valence-electron chi connectivity index (χ1n) is 6.62. The van der Waals surface area contributed by atoms with Crippen molar-refractivity contribution >= 4 is 29.2 Å². The first kappa shape index (κ1) is 15.0. The number of hydrogen-bond acceptors (Lipinski definition) is 4. The number of carbonyl (C=O) groups is 1. The van der Waals surface area contributed by atoms with Crippen LogP contribution < -0.4 is 9.47 Å². The third-order valence-electron chi connectivity index (χ3n) is 3.14. The van der Waals surface area contributed by atoms with E-state index in [-0.39, 0.29) is 13.2 Å². The van der Waals surface area contributed by atoms with Gasteiger partial charge in [0.2, 0.25) is 6.10 Å². The van der Waals surface area contributed by atoms with Crippen LogP contribution in [-0.2, 0) is 16.1 Å². The lowest BCUT2D eigenvalue weighted by molar-refractivity contribution is -0.155. The normalized spacial score (nSPS) is 16.2. The minimum atomic E-state index is -0.780. The Bertz CT molecular complexity index is 702. The molecule has 3 rings (SSSR count). The van der Waals surface area contributed by atoms with Gasteiger partial charge in [-0.05, 0) is 29.8 Å². The van der Waals surface area contributed by atoms with Crippen LogP contribution in [0.4, 0.5) is 0 Å². The second kappa shape index (κ2) is 6.46. The third kappa shape index (κ3) is 3.29. The van der Waals surface area contributed by atoms with Crippen molar-refractivity contribution in [3.63, 3.8) is 0 Å². The Morgan fingerprint density at radius 2 is 1.91 bits per heavy atom. The second-order valence-corrected chi connectivity index (χ2v) is 5.53. The van der Waals surface area contributed by atoms with E-state index < -0.39 is 12.1 Å². The molecule has 1 aliphatic heterocycles. The molecule has 0 spiro atoms. The molecule has 0 radical (unpaired) electrons. The highest BCUT2D eigenvalue weighted by atomic mass is 35.5. The van der Waals surface area contributed by atoms with E-state index in [4.69, 9.17) is 37.4 Å². The van der Waals surface area contributed by atoms with Crippen molar-refractivity contribution in [2.24, 2.45) is 0 Å². The Morgan fingerprint density at radius 3 is 2.68 bits per heavy atom. The third-order valence-corrected chi connectivity index (χ3v) is 3.88. The van der Waals surface area contributed by atoms with E-state index in [1.807, 2.05) is 12.1 Å². The highest BCUT2D eigenvalue weighted by Gasteiger charge is 2.28. The van der Waals surface area contributed by atoms with Crippen molar-refractivity contribution in [3.05, 3.63) is 58.1 Å². The van der Waals surface area contributed by atoms with Gasteiger partial charge in [0, 0.05) is 0 Å². The molecule has 114 valence electrons. The van der Waals surface area contributed by atoms with E-state index in [1.165, 1.54) is 0 Å². The number of fused-ring (bicyclic) bond motifs is 1. The summed E-state index contributed by atoms with van der Waals surface area (Å²) in [5.41, 5.74) is 0.750. The van der Waals surface area contributed by atoms with Crippen LogP contribution in [0.2, 0.25) is 10.0 Å². The van der Waals surface area contributed by atoms with Gasteiger partial charge in [0.15, 0.2) is 11.5 Å². The van der Waals surface area contributed by atoms with Crippen LogP contribution >= 0.6 is 23.2 Å². The van der Waals surface area contributed by atoms with E-state index in [2.05, 4.69) is 0 Å². The van der Waals surface area contributed by atoms with Gasteiger partial charge >= 0.3 is 5.97 Å². The molecule has 0 bridgehead atoms. The van der Waals surface area contributed by atoms with E-state index >= 15 is 0 Å². The monoisotopic (exact) mass is 338 g/mol. The Hall–Kier alpha value is -1.91. The Morgan fingerprint density at radius 1 is 1.14 bits per heavy atom. The van der Waals surface area contributed by atoms with E-state index in [9.17, 15) is 4.79 Å². The molecule has 1 atom stereocenters. The zero-order valence-electron chi connectivity index (χ0n) is 11.4. The fourth-order valence-electron chi connectivity index (χ4n) is 2.01. The van der Waals surface area contributed by atoms with Crippen molar-refractivity contribution in [3.8, 4) is 11.5 Å². The number of carbonyl (C=O) groups excluding carboxylic acids is 1. The Balaban J connectivity index is 1.60. The zero-order valence-corrected chi connectivity index (χ0v) is 12.9. The van der Waals surface area contributed by atoms with Gasteiger partial charge in [-0.2, -0.15) is 0 Å². The summed E-state index contributed by atoms with van der Waals surface area (Å²) in [5.74, 6) is 0.668. The van der Waals surface area contributed by atoms with Gasteiger partial charge in [-0.1, -0.05) is 41.4 Å². The highest BCUT2D eigenvalue weighted by molar-refractivity contribution is 6.42. The van der Waals surface area contributed by atoms with Crippen LogP contribution in [0.3, 0.4) is 0 Å². The van der Waals surface area contributed by atoms with Crippen LogP contribution in [0.1, 0.15) is 5.56 Å². The fourth-order valence-corrected chi connectivity index (χ4v) is 2.33. The molecule has 0 N–H and O–H groups in total. The van der Waals surface area contributed by atoms with Crippen molar-refractivity contribution in [2.45, 2.75) is 12.7 Å². The number of hydrogen-bond donors (Lipinski definition) is 0. The minimum Gasteiger partial charge on any atom is -0.485 e. The maximum Gasteiger partial charge on any atom is 0.351 e. The summed E-state index contributed by atoms with van der Waals surface area (Å²) in [6.45, 7) is 0.217. The SMILES string of the molecule is O=C(OCc1ccc(Cl)c(Cl)c1)[C@H]1COc2ccccc2O1. The summed E-state index contributed by atoms with van der Waals surface area (Å²) < 4.78 is 16.3. The molecule has 2 aromatic rings. The number of ether oxygens (including phenoxy) is 3. The van der Waals surface area contributed by atoms with Crippen molar-refractivity contribution in [1.29, 1.82) is 0 Å². The molecule has 4 nitrogen and oxygen atoms in total. The van der Waals surface area contributed by atoms with Crippen molar-refractivity contribution in [2.75, 3.05) is 6.61 Å². The number of rotatable bonds is 3. The summed E-state index contributed by atoms with van der Waals surface area (Å²) in [5, 5.41) is 0.874. The quantitative estimate of drug-likeness (QED) is 0.796. The van der Waals surface area contributed by atoms with E-state index in [0.717, 1.165) is 5.56 Å². The summed E-state index contributed by atoms with van der Waals surface area (Å²) in [4.78, 5) is 12.0. The molecule has 0 saturated heterocycles. The molecule has 0 unspecified atom stereocenters. The molecule has 0 aliphatic carbocycles. The first-order valence-corrected chi connectivity index (χ1v) is 7.38. The molecule has 6 heteroatoms. The summed E-state index contributed by atoms with van der Waals surface area (Å²) in [6, 6.07) is 12.2. The van der Waals surface area contributed by atoms with Crippen LogP contribution in [0.5, 0.6) is 11.5 Å². The predicted octanol–water partition coefficient (Wildman–Crippen LogP) is 3.88. The van der Waals surface area contributed by atoms with Crippen LogP contribution in [-0.4, -0.2) is 18.7 Å². The molecule has 0 aromatic heterocycles. The lowest BCUT2D eigenvalue weighted by Crippen LogP contribution is -2.37. The average Bonchev–Trinajstić information content (AvgIpc) is 2.55. The largest absolute Gasteiger partial charge is 0.485 e. The summed E-state index contributed by atoms with van der Waals surface area (Å²) in [6.07, 6.45) is -0.780. The number of halogens is 2. The average molecular weight is 339 g/mol. The molecular weight excluding hydrogens is 327 g/mol. The van der Waals surface area contributed by atoms with Crippen LogP contribution in [0.15, 0.2) is 42.5 Å². The first-order chi connectivity index (χ1) is 10.6. The molecular formula is C16H12Cl2O4. The summed E-state index contributed by atoms with van der Waals surface area (Å²) in [7, 11) is 0. The lowest BCUT2D eigenvalue weighted by Gasteiger charge is -2.24. The van der Waals surface area contributed by atoms with Gasteiger partial charge in [0.25, 0.3) is 0 Å². The van der Waals surface area contributed by atoms with Gasteiger partial charge in [0.1, 0.15) is 13.2 Å². The van der Waals surface area contributed by atoms with Gasteiger partial charge in [0.05, 0.1) is 10.0 Å². The Kier molecular flexibility index (Phi) is 4.41. The Labute approximate surface area is 137 Å². The van der Waals surface area contributed by atoms with Crippen LogP contribution in [0.25, 0.3) is 0 Å². The van der Waals surface area contributed by atoms with Crippen molar-refractivity contribution < 1.29 is 19.0 Å². The molecule has 2 aromatic carbocycles. The van der Waals surface area contributed by atoms with Gasteiger partial charge < -0.3 is 14.2 Å². The number of esters is 1. The standard InChI is InChI=1S/C16H12Cl2O4/c17-11-6-5-10(7-12(11)18)8-21-16(19)15-9-20-13-3-1-2-4-14(13)22-15/h1-7,15H,8-9H2/t15-/m1/s1. The van der Waals surface area contributed by atoms with Crippen LogP contribution in [0, 0.1) is 0 Å². The molecule has 0 saturated carbocycles. The maximum atomic E-state index is 12.0. The zero-order chi connectivity index (χ0) is 15.5. The highest BCUT2D eigenvalue weighted by Crippen LogP contribution is 2.31. The van der Waals surface area contributed by atoms with E-state index in [1.54, 1.807) is 30.3 Å². The summed E-state index contributed by atoms with van der Waals surface area (Å²) >= 11 is 11.8. The maximum absolute atomic E-state index is 12.0. The fraction of sp³-hybridized carbons (Fsp3) is 0.188. The van der Waals surface area contributed by atoms with E-state index in [0.29, 0.717) is 21.5 Å².